The number of benzene rings is 2. The smallest absolute Gasteiger partial charge is 0.311 e. The molecule has 0 aliphatic heterocycles. The van der Waals surface area contributed by atoms with Crippen LogP contribution < -0.4 is 10.1 Å². The van der Waals surface area contributed by atoms with Gasteiger partial charge in [-0.2, -0.15) is 5.10 Å². The lowest BCUT2D eigenvalue weighted by Crippen LogP contribution is -2.12. The zero-order valence-corrected chi connectivity index (χ0v) is 18.1. The summed E-state index contributed by atoms with van der Waals surface area (Å²) in [7, 11) is 0. The molecule has 9 heteroatoms. The van der Waals surface area contributed by atoms with E-state index >= 15 is 0 Å². The molecule has 2 heterocycles. The number of amides is 1. The van der Waals surface area contributed by atoms with E-state index in [0.717, 1.165) is 11.1 Å². The van der Waals surface area contributed by atoms with E-state index in [-0.39, 0.29) is 23.8 Å². The topological polar surface area (TPSA) is 112 Å². The highest BCUT2D eigenvalue weighted by Gasteiger charge is 2.17. The number of nitrogens with one attached hydrogen (secondary N) is 1. The number of nitro benzene ring substituents is 1. The predicted molar refractivity (Wildman–Crippen MR) is 121 cm³/mol. The number of aromatic nitrogens is 2. The molecule has 4 rings (SSSR count). The molecule has 0 aliphatic rings. The molecule has 0 spiro atoms. The van der Waals surface area contributed by atoms with Gasteiger partial charge in [0.1, 0.15) is 12.4 Å². The number of nitrogens with zero attached hydrogens (tertiary/aromatic N) is 3. The second-order valence-electron chi connectivity index (χ2n) is 7.62. The van der Waals surface area contributed by atoms with Crippen LogP contribution in [-0.4, -0.2) is 20.6 Å². The van der Waals surface area contributed by atoms with E-state index < -0.39 is 10.8 Å². The summed E-state index contributed by atoms with van der Waals surface area (Å²) in [5.41, 5.74) is 2.92. The normalized spacial score (nSPS) is 10.7. The fraction of sp³-hybridized carbons (Fsp3) is 0.167. The van der Waals surface area contributed by atoms with Crippen molar-refractivity contribution in [1.82, 2.24) is 9.78 Å². The Bertz CT molecular complexity index is 1290. The maximum Gasteiger partial charge on any atom is 0.311 e. The van der Waals surface area contributed by atoms with Crippen molar-refractivity contribution in [3.63, 3.8) is 0 Å². The molecule has 0 saturated heterocycles. The fourth-order valence-electron chi connectivity index (χ4n) is 3.19. The van der Waals surface area contributed by atoms with E-state index in [1.165, 1.54) is 23.8 Å². The van der Waals surface area contributed by atoms with E-state index in [4.69, 9.17) is 9.15 Å². The van der Waals surface area contributed by atoms with Gasteiger partial charge >= 0.3 is 5.69 Å². The van der Waals surface area contributed by atoms with E-state index in [2.05, 4.69) is 10.4 Å². The van der Waals surface area contributed by atoms with Gasteiger partial charge in [-0.15, -0.1) is 0 Å². The van der Waals surface area contributed by atoms with Crippen molar-refractivity contribution in [2.24, 2.45) is 0 Å². The predicted octanol–water partition coefficient (Wildman–Crippen LogP) is 4.88. The van der Waals surface area contributed by atoms with Crippen molar-refractivity contribution in [3.8, 4) is 5.75 Å². The van der Waals surface area contributed by atoms with Crippen LogP contribution in [0.25, 0.3) is 0 Å². The first-order valence-corrected chi connectivity index (χ1v) is 10.2. The Hall–Kier alpha value is -4.40. The van der Waals surface area contributed by atoms with Gasteiger partial charge in [0.15, 0.2) is 17.3 Å². The molecule has 0 atom stereocenters. The Morgan fingerprint density at radius 2 is 1.85 bits per heavy atom. The van der Waals surface area contributed by atoms with Crippen LogP contribution in [0.1, 0.15) is 33.0 Å². The van der Waals surface area contributed by atoms with Gasteiger partial charge in [-0.05, 0) is 43.2 Å². The average Bonchev–Trinajstić information content (AvgIpc) is 3.44. The Balaban J connectivity index is 1.35. The van der Waals surface area contributed by atoms with Crippen molar-refractivity contribution in [2.75, 3.05) is 5.32 Å². The molecule has 0 unspecified atom stereocenters. The Labute approximate surface area is 189 Å². The van der Waals surface area contributed by atoms with E-state index in [9.17, 15) is 14.9 Å². The molecular weight excluding hydrogens is 424 g/mol. The lowest BCUT2D eigenvalue weighted by Gasteiger charge is -2.06. The van der Waals surface area contributed by atoms with Gasteiger partial charge in [0.2, 0.25) is 0 Å². The highest BCUT2D eigenvalue weighted by atomic mass is 16.6. The number of hydrogen-bond acceptors (Lipinski definition) is 6. The monoisotopic (exact) mass is 446 g/mol. The van der Waals surface area contributed by atoms with Crippen LogP contribution in [0.5, 0.6) is 5.75 Å². The first-order valence-electron chi connectivity index (χ1n) is 10.2. The Morgan fingerprint density at radius 1 is 1.09 bits per heavy atom. The number of carbonyl (C=O) groups excluding carboxylic acids is 1. The molecule has 1 amide bonds. The fourth-order valence-corrected chi connectivity index (χ4v) is 3.19. The molecule has 2 aromatic carbocycles. The first kappa shape index (κ1) is 21.8. The van der Waals surface area contributed by atoms with Crippen LogP contribution in [0.4, 0.5) is 11.5 Å². The van der Waals surface area contributed by atoms with Crippen molar-refractivity contribution >= 4 is 17.4 Å². The van der Waals surface area contributed by atoms with E-state index in [0.29, 0.717) is 18.1 Å². The molecular formula is C24H22N4O5. The quantitative estimate of drug-likeness (QED) is 0.305. The molecule has 0 radical (unpaired) electrons. The van der Waals surface area contributed by atoms with Gasteiger partial charge in [0.25, 0.3) is 5.91 Å². The lowest BCUT2D eigenvalue weighted by atomic mass is 10.1. The van der Waals surface area contributed by atoms with Crippen LogP contribution in [0, 0.1) is 24.0 Å². The van der Waals surface area contributed by atoms with Gasteiger partial charge in [0.05, 0.1) is 11.5 Å². The van der Waals surface area contributed by atoms with Gasteiger partial charge in [-0.25, -0.2) is 0 Å². The standard InChI is InChI=1S/C24H22N4O5/c1-16-3-6-18(7-4-16)14-27-12-11-23(26-27)25-24(29)22-10-8-19(33-22)15-32-21-9-5-17(2)13-20(21)28(30)31/h3-13H,14-15H2,1-2H3,(H,25,26,29). The SMILES string of the molecule is Cc1ccc(Cn2ccc(NC(=O)c3ccc(COc4ccc(C)cc4[N+](=O)[O-])o3)n2)cc1. The third kappa shape index (κ3) is 5.45. The highest BCUT2D eigenvalue weighted by molar-refractivity contribution is 6.01. The number of furan rings is 1. The maximum atomic E-state index is 12.5. The number of ether oxygens (including phenoxy) is 1. The summed E-state index contributed by atoms with van der Waals surface area (Å²) in [6, 6.07) is 17.7. The number of nitro groups is 1. The molecule has 0 fully saturated rings. The summed E-state index contributed by atoms with van der Waals surface area (Å²) in [5.74, 6) is 0.520. The van der Waals surface area contributed by atoms with Gasteiger partial charge < -0.3 is 14.5 Å². The Kier molecular flexibility index (Phi) is 6.21. The number of anilines is 1. The van der Waals surface area contributed by atoms with Crippen molar-refractivity contribution in [2.45, 2.75) is 27.0 Å². The molecule has 0 saturated carbocycles. The maximum absolute atomic E-state index is 12.5. The zero-order valence-electron chi connectivity index (χ0n) is 18.1. The molecule has 168 valence electrons. The second kappa shape index (κ2) is 9.39. The van der Waals surface area contributed by atoms with Crippen LogP contribution in [-0.2, 0) is 13.2 Å². The average molecular weight is 446 g/mol. The van der Waals surface area contributed by atoms with Gasteiger partial charge in [0, 0.05) is 18.3 Å². The summed E-state index contributed by atoms with van der Waals surface area (Å²) < 4.78 is 12.8. The Morgan fingerprint density at radius 3 is 2.61 bits per heavy atom. The van der Waals surface area contributed by atoms with Crippen LogP contribution in [0.2, 0.25) is 0 Å². The first-order chi connectivity index (χ1) is 15.9. The molecule has 0 bridgehead atoms. The second-order valence-corrected chi connectivity index (χ2v) is 7.62. The van der Waals surface area contributed by atoms with Gasteiger partial charge in [-0.3, -0.25) is 19.6 Å². The minimum atomic E-state index is -0.499. The summed E-state index contributed by atoms with van der Waals surface area (Å²) in [5, 5.41) is 18.3. The third-order valence-electron chi connectivity index (χ3n) is 4.91. The summed E-state index contributed by atoms with van der Waals surface area (Å²) in [6.07, 6.45) is 1.78. The molecule has 1 N–H and O–H groups in total. The summed E-state index contributed by atoms with van der Waals surface area (Å²) in [4.78, 5) is 23.2. The number of rotatable bonds is 8. The van der Waals surface area contributed by atoms with Crippen LogP contribution >= 0.6 is 0 Å². The lowest BCUT2D eigenvalue weighted by molar-refractivity contribution is -0.386. The molecule has 33 heavy (non-hydrogen) atoms. The van der Waals surface area contributed by atoms with E-state index in [1.54, 1.807) is 36.0 Å². The van der Waals surface area contributed by atoms with Crippen molar-refractivity contribution in [3.05, 3.63) is 105 Å². The highest BCUT2D eigenvalue weighted by Crippen LogP contribution is 2.28. The number of hydrogen-bond donors (Lipinski definition) is 1. The summed E-state index contributed by atoms with van der Waals surface area (Å²) in [6.45, 7) is 4.33. The summed E-state index contributed by atoms with van der Waals surface area (Å²) >= 11 is 0. The molecule has 0 aliphatic carbocycles. The number of carbonyl (C=O) groups is 1. The number of aryl methyl sites for hydroxylation is 2. The molecule has 9 nitrogen and oxygen atoms in total. The zero-order chi connectivity index (χ0) is 23.4. The van der Waals surface area contributed by atoms with Crippen molar-refractivity contribution < 1.29 is 18.9 Å². The van der Waals surface area contributed by atoms with Crippen LogP contribution in [0.15, 0.2) is 71.3 Å². The van der Waals surface area contributed by atoms with Crippen LogP contribution in [0.3, 0.4) is 0 Å². The minimum absolute atomic E-state index is 0.0532. The minimum Gasteiger partial charge on any atom is -0.479 e. The van der Waals surface area contributed by atoms with Crippen molar-refractivity contribution in [1.29, 1.82) is 0 Å². The molecule has 4 aromatic rings. The van der Waals surface area contributed by atoms with Gasteiger partial charge in [-0.1, -0.05) is 35.9 Å². The van der Waals surface area contributed by atoms with E-state index in [1.807, 2.05) is 31.2 Å². The molecule has 2 aromatic heterocycles. The third-order valence-corrected chi connectivity index (χ3v) is 4.91. The largest absolute Gasteiger partial charge is 0.479 e.